The van der Waals surface area contributed by atoms with E-state index in [-0.39, 0.29) is 0 Å². The summed E-state index contributed by atoms with van der Waals surface area (Å²) in [4.78, 5) is 5.24. The first kappa shape index (κ1) is 21.7. The molecule has 0 aliphatic carbocycles. The zero-order valence-corrected chi connectivity index (χ0v) is 18.7. The number of ether oxygens (including phenoxy) is 3. The van der Waals surface area contributed by atoms with Crippen LogP contribution in [0.15, 0.2) is 61.2 Å². The molecule has 2 bridgehead atoms. The number of benzene rings is 2. The maximum absolute atomic E-state index is 6.21. The van der Waals surface area contributed by atoms with Crippen LogP contribution < -0.4 is 14.2 Å². The van der Waals surface area contributed by atoms with Crippen LogP contribution in [-0.4, -0.2) is 62.3 Å². The van der Waals surface area contributed by atoms with Gasteiger partial charge in [0.2, 0.25) is 0 Å². The van der Waals surface area contributed by atoms with E-state index in [1.54, 1.807) is 14.2 Å². The van der Waals surface area contributed by atoms with Crippen molar-refractivity contribution in [3.63, 3.8) is 0 Å². The number of para-hydroxylation sites is 1. The Hall–Kier alpha value is -2.50. The number of nitrogens with zero attached hydrogens (tertiary/aromatic N) is 2. The summed E-state index contributed by atoms with van der Waals surface area (Å²) in [5.74, 6) is 3.15. The van der Waals surface area contributed by atoms with E-state index < -0.39 is 0 Å². The summed E-state index contributed by atoms with van der Waals surface area (Å²) in [6, 6.07) is 17.3. The molecule has 0 radical (unpaired) electrons. The SMILES string of the molecule is C=CCN1C[C@@H]2[C@H](COc3ccccc3)CC[C@H]1CN2Cc1ccc(OC)cc1OC. The van der Waals surface area contributed by atoms with Gasteiger partial charge < -0.3 is 14.2 Å². The van der Waals surface area contributed by atoms with Crippen molar-refractivity contribution in [1.82, 2.24) is 9.80 Å². The Bertz CT molecular complexity index is 857. The van der Waals surface area contributed by atoms with E-state index in [9.17, 15) is 0 Å². The maximum Gasteiger partial charge on any atom is 0.127 e. The summed E-state index contributed by atoms with van der Waals surface area (Å²) in [5, 5.41) is 0. The van der Waals surface area contributed by atoms with Crippen molar-refractivity contribution in [2.24, 2.45) is 5.92 Å². The van der Waals surface area contributed by atoms with Crippen LogP contribution in [0.2, 0.25) is 0 Å². The quantitative estimate of drug-likeness (QED) is 0.565. The highest BCUT2D eigenvalue weighted by Crippen LogP contribution is 2.35. The van der Waals surface area contributed by atoms with Crippen LogP contribution in [0.25, 0.3) is 0 Å². The Morgan fingerprint density at radius 1 is 0.968 bits per heavy atom. The molecule has 3 fully saturated rings. The molecule has 5 heteroatoms. The molecule has 5 nitrogen and oxygen atoms in total. The van der Waals surface area contributed by atoms with E-state index in [2.05, 4.69) is 22.4 Å². The minimum atomic E-state index is 0.439. The van der Waals surface area contributed by atoms with Crippen molar-refractivity contribution in [3.8, 4) is 17.2 Å². The minimum Gasteiger partial charge on any atom is -0.497 e. The lowest BCUT2D eigenvalue weighted by atomic mass is 9.95. The van der Waals surface area contributed by atoms with Gasteiger partial charge in [0.1, 0.15) is 17.2 Å². The first-order valence-corrected chi connectivity index (χ1v) is 11.2. The highest BCUT2D eigenvalue weighted by atomic mass is 16.5. The number of piperazine rings is 1. The third kappa shape index (κ3) is 5.05. The van der Waals surface area contributed by atoms with Gasteiger partial charge in [0.15, 0.2) is 0 Å². The molecule has 3 saturated heterocycles. The highest BCUT2D eigenvalue weighted by Gasteiger charge is 2.41. The molecule has 0 aromatic heterocycles. The third-order valence-electron chi connectivity index (χ3n) is 6.71. The van der Waals surface area contributed by atoms with Gasteiger partial charge in [-0.25, -0.2) is 0 Å². The van der Waals surface area contributed by atoms with Crippen molar-refractivity contribution in [2.45, 2.75) is 31.5 Å². The van der Waals surface area contributed by atoms with Crippen molar-refractivity contribution in [1.29, 1.82) is 0 Å². The van der Waals surface area contributed by atoms with Crippen LogP contribution in [0.4, 0.5) is 0 Å². The van der Waals surface area contributed by atoms with Crippen molar-refractivity contribution in [3.05, 3.63) is 66.7 Å². The van der Waals surface area contributed by atoms with Crippen LogP contribution in [0, 0.1) is 5.92 Å². The lowest BCUT2D eigenvalue weighted by Gasteiger charge is -2.45. The summed E-state index contributed by atoms with van der Waals surface area (Å²) in [6.07, 6.45) is 4.42. The number of rotatable bonds is 9. The van der Waals surface area contributed by atoms with E-state index in [0.717, 1.165) is 50.0 Å². The number of hydrogen-bond acceptors (Lipinski definition) is 5. The first-order valence-electron chi connectivity index (χ1n) is 11.2. The van der Waals surface area contributed by atoms with Crippen LogP contribution in [-0.2, 0) is 6.54 Å². The maximum atomic E-state index is 6.21. The first-order chi connectivity index (χ1) is 15.2. The van der Waals surface area contributed by atoms with Gasteiger partial charge in [-0.15, -0.1) is 6.58 Å². The molecule has 0 unspecified atom stereocenters. The average Bonchev–Trinajstić information content (AvgIpc) is 3.08. The predicted octanol–water partition coefficient (Wildman–Crippen LogP) is 4.23. The zero-order valence-electron chi connectivity index (χ0n) is 18.7. The summed E-state index contributed by atoms with van der Waals surface area (Å²) >= 11 is 0. The van der Waals surface area contributed by atoms with E-state index in [1.165, 1.54) is 18.4 Å². The molecule has 3 heterocycles. The Morgan fingerprint density at radius 3 is 2.55 bits per heavy atom. The summed E-state index contributed by atoms with van der Waals surface area (Å²) in [6.45, 7) is 8.67. The van der Waals surface area contributed by atoms with Crippen molar-refractivity contribution < 1.29 is 14.2 Å². The second-order valence-corrected chi connectivity index (χ2v) is 8.53. The van der Waals surface area contributed by atoms with E-state index in [4.69, 9.17) is 14.2 Å². The van der Waals surface area contributed by atoms with Gasteiger partial charge in [0, 0.05) is 55.8 Å². The van der Waals surface area contributed by atoms with Gasteiger partial charge in [-0.3, -0.25) is 9.80 Å². The van der Waals surface area contributed by atoms with Crippen LogP contribution >= 0.6 is 0 Å². The molecule has 0 N–H and O–H groups in total. The highest BCUT2D eigenvalue weighted by molar-refractivity contribution is 5.40. The molecule has 0 saturated carbocycles. The monoisotopic (exact) mass is 422 g/mol. The summed E-state index contributed by atoms with van der Waals surface area (Å²) in [5.41, 5.74) is 1.20. The molecular formula is C26H34N2O3. The van der Waals surface area contributed by atoms with Crippen molar-refractivity contribution in [2.75, 3.05) is 40.5 Å². The Balaban J connectivity index is 1.53. The molecule has 2 aromatic carbocycles. The van der Waals surface area contributed by atoms with Crippen molar-refractivity contribution >= 4 is 0 Å². The largest absolute Gasteiger partial charge is 0.497 e. The van der Waals surface area contributed by atoms with Gasteiger partial charge in [0.05, 0.1) is 20.8 Å². The molecule has 5 rings (SSSR count). The molecule has 31 heavy (non-hydrogen) atoms. The summed E-state index contributed by atoms with van der Waals surface area (Å²) < 4.78 is 17.3. The number of hydrogen-bond donors (Lipinski definition) is 0. The molecule has 0 spiro atoms. The molecule has 3 atom stereocenters. The van der Waals surface area contributed by atoms with Crippen LogP contribution in [0.1, 0.15) is 18.4 Å². The van der Waals surface area contributed by atoms with Gasteiger partial charge in [-0.1, -0.05) is 30.3 Å². The summed E-state index contributed by atoms with van der Waals surface area (Å²) in [7, 11) is 3.42. The normalized spacial score (nSPS) is 23.9. The van der Waals surface area contributed by atoms with Crippen LogP contribution in [0.5, 0.6) is 17.2 Å². The standard InChI is InChI=1S/C26H34N2O3/c1-4-14-27-18-25-21(19-31-23-8-6-5-7-9-23)10-12-22(27)17-28(25)16-20-11-13-24(29-2)15-26(20)30-3/h4-9,11,13,15,21-22,25H,1,10,12,14,16-19H2,2-3H3/t21-,22-,25+/m0/s1. The third-order valence-corrected chi connectivity index (χ3v) is 6.71. The Morgan fingerprint density at radius 2 is 1.81 bits per heavy atom. The zero-order chi connectivity index (χ0) is 21.6. The molecule has 3 aliphatic rings. The minimum absolute atomic E-state index is 0.439. The molecular weight excluding hydrogens is 388 g/mol. The lowest BCUT2D eigenvalue weighted by molar-refractivity contribution is 0.0194. The molecule has 2 aromatic rings. The number of methoxy groups -OCH3 is 2. The van der Waals surface area contributed by atoms with Gasteiger partial charge in [-0.2, -0.15) is 0 Å². The molecule has 0 amide bonds. The predicted molar refractivity (Wildman–Crippen MR) is 124 cm³/mol. The average molecular weight is 423 g/mol. The Kier molecular flexibility index (Phi) is 7.15. The van der Waals surface area contributed by atoms with Gasteiger partial charge >= 0.3 is 0 Å². The van der Waals surface area contributed by atoms with E-state index in [1.807, 2.05) is 48.5 Å². The van der Waals surface area contributed by atoms with E-state index >= 15 is 0 Å². The van der Waals surface area contributed by atoms with Crippen LogP contribution in [0.3, 0.4) is 0 Å². The fourth-order valence-corrected chi connectivity index (χ4v) is 5.03. The second kappa shape index (κ2) is 10.2. The smallest absolute Gasteiger partial charge is 0.127 e. The van der Waals surface area contributed by atoms with Gasteiger partial charge in [0.25, 0.3) is 0 Å². The van der Waals surface area contributed by atoms with Gasteiger partial charge in [-0.05, 0) is 31.0 Å². The Labute approximate surface area is 186 Å². The topological polar surface area (TPSA) is 34.2 Å². The molecule has 166 valence electrons. The van der Waals surface area contributed by atoms with E-state index in [0.29, 0.717) is 18.0 Å². The fraction of sp³-hybridized carbons (Fsp3) is 0.462. The lowest BCUT2D eigenvalue weighted by Crippen LogP contribution is -2.57. The number of fused-ring (bicyclic) bond motifs is 4. The second-order valence-electron chi connectivity index (χ2n) is 8.53. The molecule has 3 aliphatic heterocycles. The fourth-order valence-electron chi connectivity index (χ4n) is 5.03.